The molecule has 8 heteroatoms. The van der Waals surface area contributed by atoms with Gasteiger partial charge in [0.15, 0.2) is 0 Å². The van der Waals surface area contributed by atoms with E-state index in [1.807, 2.05) is 55.5 Å². The third kappa shape index (κ3) is 5.66. The predicted molar refractivity (Wildman–Crippen MR) is 134 cm³/mol. The minimum atomic E-state index is -0.799. The zero-order chi connectivity index (χ0) is 24.8. The molecule has 35 heavy (non-hydrogen) atoms. The van der Waals surface area contributed by atoms with Gasteiger partial charge in [-0.15, -0.1) is 0 Å². The second-order valence-corrected chi connectivity index (χ2v) is 8.69. The monoisotopic (exact) mass is 479 g/mol. The van der Waals surface area contributed by atoms with Crippen molar-refractivity contribution >= 4 is 22.8 Å². The van der Waals surface area contributed by atoms with Gasteiger partial charge in [0.2, 0.25) is 0 Å². The molecule has 4 rings (SSSR count). The van der Waals surface area contributed by atoms with Crippen molar-refractivity contribution < 1.29 is 23.8 Å². The number of aromatic nitrogens is 1. The van der Waals surface area contributed by atoms with Gasteiger partial charge >= 0.3 is 5.97 Å². The van der Waals surface area contributed by atoms with Crippen molar-refractivity contribution in [3.05, 3.63) is 65.4 Å². The fourth-order valence-electron chi connectivity index (χ4n) is 4.64. The summed E-state index contributed by atoms with van der Waals surface area (Å²) < 4.78 is 18.1. The maximum absolute atomic E-state index is 13.6. The van der Waals surface area contributed by atoms with Crippen LogP contribution in [0.25, 0.3) is 10.9 Å². The highest BCUT2D eigenvalue weighted by Gasteiger charge is 2.27. The van der Waals surface area contributed by atoms with Crippen molar-refractivity contribution in [3.63, 3.8) is 0 Å². The molecule has 1 N–H and O–H groups in total. The highest BCUT2D eigenvalue weighted by atomic mass is 16.5. The smallest absolute Gasteiger partial charge is 0.328 e. The number of methoxy groups -OCH3 is 2. The lowest BCUT2D eigenvalue weighted by molar-refractivity contribution is -0.142. The molecule has 0 aliphatic carbocycles. The van der Waals surface area contributed by atoms with Gasteiger partial charge in [-0.3, -0.25) is 9.69 Å². The SMILES string of the molecule is COC(=O)[C@H](Cc1ccccc1)NC(=O)c1c(C)n(CCN2CCOCC2)c2ccc(OC)cc12. The normalized spacial score (nSPS) is 15.1. The van der Waals surface area contributed by atoms with E-state index in [9.17, 15) is 9.59 Å². The van der Waals surface area contributed by atoms with E-state index in [0.717, 1.165) is 61.6 Å². The number of hydrogen-bond acceptors (Lipinski definition) is 6. The molecule has 1 aromatic heterocycles. The summed E-state index contributed by atoms with van der Waals surface area (Å²) in [6.07, 6.45) is 0.345. The molecule has 1 atom stereocenters. The maximum atomic E-state index is 13.6. The first-order chi connectivity index (χ1) is 17.0. The second-order valence-electron chi connectivity index (χ2n) is 8.69. The molecule has 1 saturated heterocycles. The first-order valence-corrected chi connectivity index (χ1v) is 11.9. The molecular formula is C27H33N3O5. The number of hydrogen-bond donors (Lipinski definition) is 1. The Labute approximate surface area is 205 Å². The van der Waals surface area contributed by atoms with E-state index >= 15 is 0 Å². The standard InChI is InChI=1S/C27H33N3O5/c1-19-25(26(31)28-23(27(32)34-3)17-20-7-5-4-6-8-20)22-18-21(33-2)9-10-24(22)30(19)12-11-29-13-15-35-16-14-29/h4-10,18,23H,11-17H2,1-3H3,(H,28,31)/t23-/m0/s1. The van der Waals surface area contributed by atoms with Gasteiger partial charge in [-0.25, -0.2) is 4.79 Å². The molecule has 8 nitrogen and oxygen atoms in total. The minimum absolute atomic E-state index is 0.308. The molecule has 1 aliphatic rings. The van der Waals surface area contributed by atoms with Gasteiger partial charge in [-0.1, -0.05) is 30.3 Å². The number of esters is 1. The van der Waals surface area contributed by atoms with Gasteiger partial charge in [-0.05, 0) is 30.7 Å². The van der Waals surface area contributed by atoms with Crippen LogP contribution in [0.4, 0.5) is 0 Å². The van der Waals surface area contributed by atoms with Gasteiger partial charge in [0.1, 0.15) is 11.8 Å². The second kappa shape index (κ2) is 11.4. The summed E-state index contributed by atoms with van der Waals surface area (Å²) in [5, 5.41) is 3.72. The highest BCUT2D eigenvalue weighted by Crippen LogP contribution is 2.30. The van der Waals surface area contributed by atoms with E-state index in [-0.39, 0.29) is 5.91 Å². The van der Waals surface area contributed by atoms with Gasteiger partial charge < -0.3 is 24.1 Å². The summed E-state index contributed by atoms with van der Waals surface area (Å²) in [4.78, 5) is 28.5. The average molecular weight is 480 g/mol. The Bertz CT molecular complexity index is 1170. The predicted octanol–water partition coefficient (Wildman–Crippen LogP) is 2.80. The fraction of sp³-hybridized carbons (Fsp3) is 0.407. The largest absolute Gasteiger partial charge is 0.497 e. The number of amides is 1. The number of nitrogens with zero attached hydrogens (tertiary/aromatic N) is 2. The van der Waals surface area contributed by atoms with Crippen molar-refractivity contribution in [2.24, 2.45) is 0 Å². The van der Waals surface area contributed by atoms with Crippen molar-refractivity contribution in [2.75, 3.05) is 47.1 Å². The first kappa shape index (κ1) is 24.8. The molecule has 0 unspecified atom stereocenters. The molecule has 186 valence electrons. The first-order valence-electron chi connectivity index (χ1n) is 11.9. The number of carbonyl (C=O) groups excluding carboxylic acids is 2. The highest BCUT2D eigenvalue weighted by molar-refractivity contribution is 6.09. The third-order valence-electron chi connectivity index (χ3n) is 6.57. The van der Waals surface area contributed by atoms with Gasteiger partial charge in [0, 0.05) is 49.2 Å². The van der Waals surface area contributed by atoms with E-state index in [1.165, 1.54) is 7.11 Å². The molecule has 0 radical (unpaired) electrons. The van der Waals surface area contributed by atoms with Crippen LogP contribution in [-0.4, -0.2) is 74.5 Å². The molecular weight excluding hydrogens is 446 g/mol. The van der Waals surface area contributed by atoms with E-state index in [1.54, 1.807) is 7.11 Å². The number of benzene rings is 2. The quantitative estimate of drug-likeness (QED) is 0.476. The molecule has 0 bridgehead atoms. The lowest BCUT2D eigenvalue weighted by Crippen LogP contribution is -2.43. The number of nitrogens with one attached hydrogen (secondary N) is 1. The number of morpholine rings is 1. The molecule has 1 amide bonds. The van der Waals surface area contributed by atoms with Gasteiger partial charge in [-0.2, -0.15) is 0 Å². The Hall–Kier alpha value is -3.36. The number of carbonyl (C=O) groups is 2. The van der Waals surface area contributed by atoms with Crippen LogP contribution in [0.2, 0.25) is 0 Å². The van der Waals surface area contributed by atoms with Crippen molar-refractivity contribution in [2.45, 2.75) is 25.9 Å². The van der Waals surface area contributed by atoms with Crippen LogP contribution >= 0.6 is 0 Å². The Morgan fingerprint density at radius 3 is 2.49 bits per heavy atom. The summed E-state index contributed by atoms with van der Waals surface area (Å²) in [6, 6.07) is 14.6. The van der Waals surface area contributed by atoms with E-state index in [2.05, 4.69) is 14.8 Å². The van der Waals surface area contributed by atoms with Crippen LogP contribution in [0, 0.1) is 6.92 Å². The number of ether oxygens (including phenoxy) is 3. The lowest BCUT2D eigenvalue weighted by Gasteiger charge is -2.27. The molecule has 2 aromatic carbocycles. The fourth-order valence-corrected chi connectivity index (χ4v) is 4.64. The van der Waals surface area contributed by atoms with Crippen LogP contribution in [-0.2, 0) is 27.2 Å². The Balaban J connectivity index is 1.64. The van der Waals surface area contributed by atoms with E-state index in [4.69, 9.17) is 14.2 Å². The van der Waals surface area contributed by atoms with Crippen molar-refractivity contribution in [1.29, 1.82) is 0 Å². The Kier molecular flexibility index (Phi) is 8.05. The lowest BCUT2D eigenvalue weighted by atomic mass is 10.0. The molecule has 0 saturated carbocycles. The summed E-state index contributed by atoms with van der Waals surface area (Å²) in [7, 11) is 2.94. The van der Waals surface area contributed by atoms with Gasteiger partial charge in [0.25, 0.3) is 5.91 Å². The third-order valence-corrected chi connectivity index (χ3v) is 6.57. The van der Waals surface area contributed by atoms with Crippen molar-refractivity contribution in [1.82, 2.24) is 14.8 Å². The van der Waals surface area contributed by atoms with Crippen LogP contribution in [0.5, 0.6) is 5.75 Å². The molecule has 2 heterocycles. The summed E-state index contributed by atoms with van der Waals surface area (Å²) in [5.41, 5.74) is 3.29. The Morgan fingerprint density at radius 2 is 1.80 bits per heavy atom. The van der Waals surface area contributed by atoms with Crippen LogP contribution in [0.1, 0.15) is 21.6 Å². The van der Waals surface area contributed by atoms with Gasteiger partial charge in [0.05, 0.1) is 33.0 Å². The molecule has 1 aliphatic heterocycles. The summed E-state index contributed by atoms with van der Waals surface area (Å²) in [5.74, 6) is -0.114. The number of rotatable bonds is 9. The molecule has 3 aromatic rings. The van der Waals surface area contributed by atoms with Crippen LogP contribution < -0.4 is 10.1 Å². The van der Waals surface area contributed by atoms with E-state index in [0.29, 0.717) is 17.7 Å². The van der Waals surface area contributed by atoms with Crippen LogP contribution in [0.15, 0.2) is 48.5 Å². The zero-order valence-electron chi connectivity index (χ0n) is 20.6. The average Bonchev–Trinajstić information content (AvgIpc) is 3.17. The summed E-state index contributed by atoms with van der Waals surface area (Å²) in [6.45, 7) is 6.84. The maximum Gasteiger partial charge on any atom is 0.328 e. The van der Waals surface area contributed by atoms with Crippen molar-refractivity contribution in [3.8, 4) is 5.75 Å². The topological polar surface area (TPSA) is 82.0 Å². The molecule has 1 fully saturated rings. The van der Waals surface area contributed by atoms with Crippen LogP contribution in [0.3, 0.4) is 0 Å². The van der Waals surface area contributed by atoms with E-state index < -0.39 is 12.0 Å². The molecule has 0 spiro atoms. The summed E-state index contributed by atoms with van der Waals surface area (Å²) >= 11 is 0. The zero-order valence-corrected chi connectivity index (χ0v) is 20.6. The number of fused-ring (bicyclic) bond motifs is 1. The Morgan fingerprint density at radius 1 is 1.06 bits per heavy atom. The minimum Gasteiger partial charge on any atom is -0.497 e.